The minimum absolute atomic E-state index is 0.0697. The van der Waals surface area contributed by atoms with E-state index in [4.69, 9.17) is 9.47 Å². The van der Waals surface area contributed by atoms with E-state index in [-0.39, 0.29) is 29.2 Å². The van der Waals surface area contributed by atoms with Crippen LogP contribution in [0.15, 0.2) is 66.9 Å². The van der Waals surface area contributed by atoms with Gasteiger partial charge in [-0.3, -0.25) is 0 Å². The van der Waals surface area contributed by atoms with Crippen molar-refractivity contribution in [2.75, 3.05) is 6.61 Å². The molecule has 0 spiro atoms. The molecule has 1 aliphatic rings. The van der Waals surface area contributed by atoms with Gasteiger partial charge in [-0.2, -0.15) is 4.39 Å². The van der Waals surface area contributed by atoms with Gasteiger partial charge in [0.25, 0.3) is 0 Å². The summed E-state index contributed by atoms with van der Waals surface area (Å²) in [5.74, 6) is -2.36. The molecule has 2 unspecified atom stereocenters. The van der Waals surface area contributed by atoms with Gasteiger partial charge in [0, 0.05) is 11.5 Å². The molecule has 2 atom stereocenters. The van der Waals surface area contributed by atoms with Gasteiger partial charge in [-0.15, -0.1) is 0 Å². The summed E-state index contributed by atoms with van der Waals surface area (Å²) < 4.78 is 54.4. The molecule has 2 nitrogen and oxygen atoms in total. The molecular formula is C27H25F3O2. The van der Waals surface area contributed by atoms with Crippen molar-refractivity contribution in [2.24, 2.45) is 0 Å². The van der Waals surface area contributed by atoms with Crippen molar-refractivity contribution in [3.05, 3.63) is 90.0 Å². The maximum Gasteiger partial charge on any atom is 0.201 e. The molecule has 4 rings (SSSR count). The van der Waals surface area contributed by atoms with Gasteiger partial charge in [0.05, 0.1) is 19.0 Å². The summed E-state index contributed by atoms with van der Waals surface area (Å²) in [4.78, 5) is 0. The van der Waals surface area contributed by atoms with Crippen LogP contribution >= 0.6 is 0 Å². The SMILES string of the molecule is C/C=C\Oc1ccc(-c2ccc(-c3ccc(C4CCC(C)OC4)c(F)c3)cc2)c(F)c1F. The van der Waals surface area contributed by atoms with Crippen molar-refractivity contribution in [3.8, 4) is 28.0 Å². The summed E-state index contributed by atoms with van der Waals surface area (Å²) in [7, 11) is 0. The Bertz CT molecular complexity index is 1110. The van der Waals surface area contributed by atoms with E-state index >= 15 is 0 Å². The van der Waals surface area contributed by atoms with Crippen LogP contribution in [0.3, 0.4) is 0 Å². The van der Waals surface area contributed by atoms with Crippen molar-refractivity contribution >= 4 is 0 Å². The third-order valence-corrected chi connectivity index (χ3v) is 5.85. The molecule has 0 amide bonds. The van der Waals surface area contributed by atoms with Gasteiger partial charge in [0.2, 0.25) is 5.82 Å². The van der Waals surface area contributed by atoms with E-state index in [9.17, 15) is 13.2 Å². The molecule has 0 N–H and O–H groups in total. The molecule has 0 radical (unpaired) electrons. The van der Waals surface area contributed by atoms with Gasteiger partial charge >= 0.3 is 0 Å². The first-order valence-electron chi connectivity index (χ1n) is 10.8. The average Bonchev–Trinajstić information content (AvgIpc) is 2.81. The lowest BCUT2D eigenvalue weighted by Gasteiger charge is -2.27. The largest absolute Gasteiger partial charge is 0.462 e. The second-order valence-corrected chi connectivity index (χ2v) is 8.06. The number of hydrogen-bond acceptors (Lipinski definition) is 2. The minimum Gasteiger partial charge on any atom is -0.462 e. The van der Waals surface area contributed by atoms with E-state index in [0.29, 0.717) is 17.7 Å². The predicted molar refractivity (Wildman–Crippen MR) is 120 cm³/mol. The number of halogens is 3. The number of benzene rings is 3. The van der Waals surface area contributed by atoms with E-state index in [1.807, 2.05) is 19.1 Å². The summed E-state index contributed by atoms with van der Waals surface area (Å²) in [6.07, 6.45) is 4.93. The molecule has 0 aliphatic carbocycles. The molecule has 1 heterocycles. The highest BCUT2D eigenvalue weighted by Gasteiger charge is 2.23. The molecule has 1 aliphatic heterocycles. The molecular weight excluding hydrogens is 413 g/mol. The van der Waals surface area contributed by atoms with Crippen LogP contribution in [0, 0.1) is 17.5 Å². The number of ether oxygens (including phenoxy) is 2. The van der Waals surface area contributed by atoms with Crippen molar-refractivity contribution in [1.29, 1.82) is 0 Å². The smallest absolute Gasteiger partial charge is 0.201 e. The maximum atomic E-state index is 14.8. The summed E-state index contributed by atoms with van der Waals surface area (Å²) in [5, 5.41) is 0. The van der Waals surface area contributed by atoms with Crippen LogP contribution in [0.5, 0.6) is 5.75 Å². The first-order chi connectivity index (χ1) is 15.5. The highest BCUT2D eigenvalue weighted by Crippen LogP contribution is 2.34. The third kappa shape index (κ3) is 4.58. The van der Waals surface area contributed by atoms with Crippen LogP contribution in [0.4, 0.5) is 13.2 Å². The monoisotopic (exact) mass is 438 g/mol. The van der Waals surface area contributed by atoms with E-state index in [0.717, 1.165) is 24.0 Å². The Morgan fingerprint density at radius 1 is 0.875 bits per heavy atom. The zero-order valence-corrected chi connectivity index (χ0v) is 18.1. The quantitative estimate of drug-likeness (QED) is 0.381. The van der Waals surface area contributed by atoms with Gasteiger partial charge in [-0.05, 0) is 67.1 Å². The highest BCUT2D eigenvalue weighted by molar-refractivity contribution is 5.71. The second-order valence-electron chi connectivity index (χ2n) is 8.06. The minimum atomic E-state index is -1.04. The molecule has 3 aromatic rings. The van der Waals surface area contributed by atoms with Gasteiger partial charge in [0.15, 0.2) is 11.6 Å². The van der Waals surface area contributed by atoms with Crippen molar-refractivity contribution < 1.29 is 22.6 Å². The van der Waals surface area contributed by atoms with Crippen molar-refractivity contribution in [1.82, 2.24) is 0 Å². The lowest BCUT2D eigenvalue weighted by molar-refractivity contribution is 0.0148. The number of hydrogen-bond donors (Lipinski definition) is 0. The Kier molecular flexibility index (Phi) is 6.66. The van der Waals surface area contributed by atoms with Crippen LogP contribution in [0.1, 0.15) is 38.2 Å². The van der Waals surface area contributed by atoms with Crippen molar-refractivity contribution in [3.63, 3.8) is 0 Å². The van der Waals surface area contributed by atoms with E-state index in [1.54, 1.807) is 37.3 Å². The Morgan fingerprint density at radius 3 is 2.25 bits per heavy atom. The zero-order chi connectivity index (χ0) is 22.7. The fourth-order valence-electron chi connectivity index (χ4n) is 4.00. The van der Waals surface area contributed by atoms with Gasteiger partial charge < -0.3 is 9.47 Å². The van der Waals surface area contributed by atoms with E-state index in [1.165, 1.54) is 24.5 Å². The molecule has 32 heavy (non-hydrogen) atoms. The Labute approximate surface area is 186 Å². The summed E-state index contributed by atoms with van der Waals surface area (Å²) in [5.41, 5.74) is 2.85. The van der Waals surface area contributed by atoms with E-state index < -0.39 is 11.6 Å². The molecule has 1 saturated heterocycles. The summed E-state index contributed by atoms with van der Waals surface area (Å²) in [6.45, 7) is 4.28. The van der Waals surface area contributed by atoms with Crippen LogP contribution in [0.2, 0.25) is 0 Å². The normalized spacial score (nSPS) is 18.8. The Hall–Kier alpha value is -3.05. The Balaban J connectivity index is 1.55. The first-order valence-corrected chi connectivity index (χ1v) is 10.8. The third-order valence-electron chi connectivity index (χ3n) is 5.85. The Morgan fingerprint density at radius 2 is 1.59 bits per heavy atom. The van der Waals surface area contributed by atoms with Crippen LogP contribution in [-0.4, -0.2) is 12.7 Å². The van der Waals surface area contributed by atoms with Gasteiger partial charge in [-0.25, -0.2) is 8.78 Å². The first kappa shape index (κ1) is 22.2. The summed E-state index contributed by atoms with van der Waals surface area (Å²) in [6, 6.07) is 15.0. The fourth-order valence-corrected chi connectivity index (χ4v) is 4.00. The van der Waals surface area contributed by atoms with Crippen LogP contribution in [0.25, 0.3) is 22.3 Å². The standard InChI is InChI=1S/C27H25F3O2/c1-3-14-31-25-13-12-23(26(29)27(25)30)19-8-6-18(7-9-19)20-10-11-22(24(28)15-20)21-5-4-17(2)32-16-21/h3,6-15,17,21H,4-5,16H2,1-2H3/b14-3-. The summed E-state index contributed by atoms with van der Waals surface area (Å²) >= 11 is 0. The van der Waals surface area contributed by atoms with Gasteiger partial charge in [-0.1, -0.05) is 42.5 Å². The fraction of sp³-hybridized carbons (Fsp3) is 0.259. The van der Waals surface area contributed by atoms with Crippen molar-refractivity contribution in [2.45, 2.75) is 38.7 Å². The maximum absolute atomic E-state index is 14.8. The molecule has 0 aromatic heterocycles. The molecule has 166 valence electrons. The lowest BCUT2D eigenvalue weighted by atomic mass is 9.90. The average molecular weight is 438 g/mol. The second kappa shape index (κ2) is 9.61. The molecule has 0 bridgehead atoms. The number of rotatable bonds is 5. The van der Waals surface area contributed by atoms with E-state index in [2.05, 4.69) is 0 Å². The zero-order valence-electron chi connectivity index (χ0n) is 18.1. The topological polar surface area (TPSA) is 18.5 Å². The predicted octanol–water partition coefficient (Wildman–Crippen LogP) is 7.63. The molecule has 5 heteroatoms. The molecule has 1 fully saturated rings. The molecule has 0 saturated carbocycles. The molecule has 3 aromatic carbocycles. The number of allylic oxidation sites excluding steroid dienone is 1. The highest BCUT2D eigenvalue weighted by atomic mass is 19.2. The van der Waals surface area contributed by atoms with Crippen LogP contribution < -0.4 is 4.74 Å². The van der Waals surface area contributed by atoms with Gasteiger partial charge in [0.1, 0.15) is 5.82 Å². The van der Waals surface area contributed by atoms with Crippen LogP contribution in [-0.2, 0) is 4.74 Å². The lowest BCUT2D eigenvalue weighted by Crippen LogP contribution is -2.22.